The van der Waals surface area contributed by atoms with Crippen LogP contribution in [0.1, 0.15) is 117 Å². The quantitative estimate of drug-likeness (QED) is 0.160. The average molecular weight is 516 g/mol. The molecule has 0 atom stereocenters. The largest absolute Gasteiger partial charge is 0.321 e. The Morgan fingerprint density at radius 3 is 1.18 bits per heavy atom. The zero-order valence-corrected chi connectivity index (χ0v) is 22.2. The molecule has 8 heteroatoms. The van der Waals surface area contributed by atoms with Crippen LogP contribution < -0.4 is 10.6 Å². The van der Waals surface area contributed by atoms with E-state index in [-0.39, 0.29) is 24.2 Å². The molecule has 0 bridgehead atoms. The monoisotopic (exact) mass is 514 g/mol. The summed E-state index contributed by atoms with van der Waals surface area (Å²) in [4.78, 5) is 49.7. The molecule has 0 saturated carbocycles. The fraction of sp³-hybridized carbons (Fsp3) is 0.692. The number of ketones is 2. The number of allylic oxidation sites excluding steroid dienone is 2. The highest BCUT2D eigenvalue weighted by atomic mass is 35.5. The number of hydrogen-bond donors (Lipinski definition) is 2. The maximum absolute atomic E-state index is 12.6. The molecule has 2 amide bonds. The van der Waals surface area contributed by atoms with Crippen molar-refractivity contribution < 1.29 is 19.2 Å². The standard InChI is InChI=1S/C26H40Cl2N2O4/c1-3-5-7-9-11-13-15-17-19(31)29-23-21(27)26(34)24(22(28)25(23)33)30-20(32)18-16-14-12-10-8-6-4-2/h3-18H2,1-2H3,(H,29,31)(H,30,32). The van der Waals surface area contributed by atoms with Crippen LogP contribution in [0.5, 0.6) is 0 Å². The van der Waals surface area contributed by atoms with Crippen molar-refractivity contribution >= 4 is 46.6 Å². The van der Waals surface area contributed by atoms with Crippen molar-refractivity contribution in [1.82, 2.24) is 10.6 Å². The van der Waals surface area contributed by atoms with Crippen LogP contribution in [0.4, 0.5) is 0 Å². The van der Waals surface area contributed by atoms with Crippen LogP contribution in [0.25, 0.3) is 0 Å². The lowest BCUT2D eigenvalue weighted by molar-refractivity contribution is -0.123. The van der Waals surface area contributed by atoms with Crippen molar-refractivity contribution in [3.8, 4) is 0 Å². The maximum atomic E-state index is 12.6. The molecule has 192 valence electrons. The van der Waals surface area contributed by atoms with E-state index in [0.717, 1.165) is 38.5 Å². The molecule has 1 aliphatic rings. The summed E-state index contributed by atoms with van der Waals surface area (Å²) < 4.78 is 0. The number of carbonyl (C=O) groups is 4. The third kappa shape index (κ3) is 11.2. The molecule has 2 N–H and O–H groups in total. The van der Waals surface area contributed by atoms with Gasteiger partial charge < -0.3 is 10.6 Å². The van der Waals surface area contributed by atoms with Crippen molar-refractivity contribution in [3.05, 3.63) is 21.5 Å². The number of Topliss-reactive ketones (excluding diaryl/α,β-unsaturated/α-hetero) is 2. The van der Waals surface area contributed by atoms with E-state index in [2.05, 4.69) is 24.5 Å². The second kappa shape index (κ2) is 17.7. The third-order valence-electron chi connectivity index (χ3n) is 5.84. The molecular formula is C26H40Cl2N2O4. The number of hydrogen-bond acceptors (Lipinski definition) is 4. The second-order valence-electron chi connectivity index (χ2n) is 8.88. The van der Waals surface area contributed by atoms with Gasteiger partial charge in [0.1, 0.15) is 21.5 Å². The Labute approximate surface area is 214 Å². The van der Waals surface area contributed by atoms with Crippen LogP contribution in [0.15, 0.2) is 21.5 Å². The minimum Gasteiger partial charge on any atom is -0.321 e. The van der Waals surface area contributed by atoms with Gasteiger partial charge in [0.25, 0.3) is 0 Å². The highest BCUT2D eigenvalue weighted by molar-refractivity contribution is 6.56. The molecule has 0 spiro atoms. The van der Waals surface area contributed by atoms with Crippen molar-refractivity contribution in [2.24, 2.45) is 0 Å². The Bertz CT molecular complexity index is 711. The van der Waals surface area contributed by atoms with Crippen LogP contribution in [0, 0.1) is 0 Å². The lowest BCUT2D eigenvalue weighted by Crippen LogP contribution is -2.37. The number of amides is 2. The van der Waals surface area contributed by atoms with E-state index in [1.54, 1.807) is 0 Å². The molecule has 0 aliphatic heterocycles. The van der Waals surface area contributed by atoms with Gasteiger partial charge in [-0.25, -0.2) is 0 Å². The van der Waals surface area contributed by atoms with Gasteiger partial charge in [0, 0.05) is 12.8 Å². The zero-order chi connectivity index (χ0) is 25.3. The van der Waals surface area contributed by atoms with Gasteiger partial charge in [0.05, 0.1) is 0 Å². The summed E-state index contributed by atoms with van der Waals surface area (Å²) in [6.07, 6.45) is 15.3. The third-order valence-corrected chi connectivity index (χ3v) is 6.56. The maximum Gasteiger partial charge on any atom is 0.224 e. The number of unbranched alkanes of at least 4 members (excludes halogenated alkanes) is 12. The smallest absolute Gasteiger partial charge is 0.224 e. The molecule has 0 aromatic carbocycles. The number of halogens is 2. The molecule has 0 saturated heterocycles. The van der Waals surface area contributed by atoms with Crippen LogP contribution in [-0.4, -0.2) is 23.4 Å². The molecule has 0 aromatic rings. The SMILES string of the molecule is CCCCCCCCCC(=O)NC1=C(Cl)C(=O)C(NC(=O)CCCCCCCCC)=C(Cl)C1=O. The van der Waals surface area contributed by atoms with E-state index in [1.807, 2.05) is 0 Å². The van der Waals surface area contributed by atoms with E-state index in [4.69, 9.17) is 23.2 Å². The first-order chi connectivity index (χ1) is 16.3. The van der Waals surface area contributed by atoms with Crippen molar-refractivity contribution in [1.29, 1.82) is 0 Å². The lowest BCUT2D eigenvalue weighted by atomic mass is 10.0. The summed E-state index contributed by atoms with van der Waals surface area (Å²) in [5, 5.41) is 4.00. The summed E-state index contributed by atoms with van der Waals surface area (Å²) in [5.74, 6) is -2.33. The Morgan fingerprint density at radius 1 is 0.559 bits per heavy atom. The van der Waals surface area contributed by atoms with E-state index in [9.17, 15) is 19.2 Å². The van der Waals surface area contributed by atoms with Crippen molar-refractivity contribution in [3.63, 3.8) is 0 Å². The number of nitrogens with one attached hydrogen (secondary N) is 2. The predicted molar refractivity (Wildman–Crippen MR) is 137 cm³/mol. The van der Waals surface area contributed by atoms with Crippen LogP contribution in [0.2, 0.25) is 0 Å². The molecule has 34 heavy (non-hydrogen) atoms. The van der Waals surface area contributed by atoms with E-state index >= 15 is 0 Å². The fourth-order valence-corrected chi connectivity index (χ4v) is 4.21. The van der Waals surface area contributed by atoms with Gasteiger partial charge in [0.2, 0.25) is 23.4 Å². The Kier molecular flexibility index (Phi) is 15.8. The topological polar surface area (TPSA) is 92.3 Å². The van der Waals surface area contributed by atoms with Crippen LogP contribution in [-0.2, 0) is 19.2 Å². The highest BCUT2D eigenvalue weighted by Crippen LogP contribution is 2.27. The number of rotatable bonds is 18. The highest BCUT2D eigenvalue weighted by Gasteiger charge is 2.35. The van der Waals surface area contributed by atoms with Crippen molar-refractivity contribution in [2.75, 3.05) is 0 Å². The zero-order valence-electron chi connectivity index (χ0n) is 20.7. The van der Waals surface area contributed by atoms with E-state index < -0.39 is 33.4 Å². The molecule has 1 aliphatic carbocycles. The van der Waals surface area contributed by atoms with Crippen LogP contribution in [0.3, 0.4) is 0 Å². The number of carbonyl (C=O) groups excluding carboxylic acids is 4. The van der Waals surface area contributed by atoms with Gasteiger partial charge in [-0.1, -0.05) is 114 Å². The minimum atomic E-state index is -0.773. The van der Waals surface area contributed by atoms with Crippen LogP contribution >= 0.6 is 23.2 Å². The van der Waals surface area contributed by atoms with Gasteiger partial charge in [-0.2, -0.15) is 0 Å². The summed E-state index contributed by atoms with van der Waals surface area (Å²) >= 11 is 12.2. The van der Waals surface area contributed by atoms with Gasteiger partial charge in [-0.15, -0.1) is 0 Å². The normalized spacial score (nSPS) is 14.1. The Balaban J connectivity index is 2.49. The summed E-state index contributed by atoms with van der Waals surface area (Å²) in [6.45, 7) is 4.33. The molecule has 0 aromatic heterocycles. The average Bonchev–Trinajstić information content (AvgIpc) is 2.82. The summed E-state index contributed by atoms with van der Waals surface area (Å²) in [5.41, 5.74) is -0.649. The molecule has 0 heterocycles. The van der Waals surface area contributed by atoms with Gasteiger partial charge in [0.15, 0.2) is 0 Å². The minimum absolute atomic E-state index is 0.228. The first-order valence-corrected chi connectivity index (χ1v) is 13.6. The van der Waals surface area contributed by atoms with Gasteiger partial charge in [-0.3, -0.25) is 19.2 Å². The summed E-state index contributed by atoms with van der Waals surface area (Å²) in [7, 11) is 0. The molecule has 1 rings (SSSR count). The first kappa shape index (κ1) is 30.4. The van der Waals surface area contributed by atoms with E-state index in [0.29, 0.717) is 12.8 Å². The van der Waals surface area contributed by atoms with Gasteiger partial charge >= 0.3 is 0 Å². The molecule has 0 unspecified atom stereocenters. The Morgan fingerprint density at radius 2 is 0.853 bits per heavy atom. The summed E-state index contributed by atoms with van der Waals surface area (Å²) in [6, 6.07) is 0. The molecular weight excluding hydrogens is 475 g/mol. The molecule has 0 radical (unpaired) electrons. The van der Waals surface area contributed by atoms with E-state index in [1.165, 1.54) is 38.5 Å². The predicted octanol–water partition coefficient (Wildman–Crippen LogP) is 6.55. The molecule has 6 nitrogen and oxygen atoms in total. The van der Waals surface area contributed by atoms with Gasteiger partial charge in [-0.05, 0) is 12.8 Å². The second-order valence-corrected chi connectivity index (χ2v) is 9.63. The van der Waals surface area contributed by atoms with Crippen molar-refractivity contribution in [2.45, 2.75) is 117 Å². The fourth-order valence-electron chi connectivity index (χ4n) is 3.76. The molecule has 0 fully saturated rings. The first-order valence-electron chi connectivity index (χ1n) is 12.8. The Hall–Kier alpha value is -1.66. The lowest BCUT2D eigenvalue weighted by Gasteiger charge is -2.19.